The van der Waals surface area contributed by atoms with E-state index < -0.39 is 0 Å². The smallest absolute Gasteiger partial charge is 0.161 e. The molecule has 0 bridgehead atoms. The highest BCUT2D eigenvalue weighted by molar-refractivity contribution is 6.00. The summed E-state index contributed by atoms with van der Waals surface area (Å²) in [6.45, 7) is 1.56. The molecular weight excluding hydrogens is 152 g/mol. The van der Waals surface area contributed by atoms with Crippen LogP contribution in [0.15, 0.2) is 30.6 Å². The topological polar surface area (TPSA) is 34.4 Å². The van der Waals surface area contributed by atoms with Crippen LogP contribution in [0.1, 0.15) is 17.3 Å². The average Bonchev–Trinajstić information content (AvgIpc) is 2.49. The molecule has 0 aliphatic heterocycles. The monoisotopic (exact) mass is 160 g/mol. The molecule has 0 aromatic carbocycles. The number of nitrogens with zero attached hydrogens (tertiary/aromatic N) is 2. The van der Waals surface area contributed by atoms with E-state index in [0.29, 0.717) is 0 Å². The molecule has 60 valence electrons. The molecule has 2 aromatic heterocycles. The zero-order valence-electron chi connectivity index (χ0n) is 6.69. The largest absolute Gasteiger partial charge is 0.294 e. The van der Waals surface area contributed by atoms with Crippen molar-refractivity contribution in [2.24, 2.45) is 0 Å². The van der Waals surface area contributed by atoms with Gasteiger partial charge in [-0.1, -0.05) is 0 Å². The third-order valence-corrected chi connectivity index (χ3v) is 1.82. The minimum Gasteiger partial charge on any atom is -0.294 e. The molecule has 0 amide bonds. The van der Waals surface area contributed by atoms with E-state index in [4.69, 9.17) is 0 Å². The summed E-state index contributed by atoms with van der Waals surface area (Å²) in [5.74, 6) is 0.0705. The Morgan fingerprint density at radius 1 is 1.50 bits per heavy atom. The minimum atomic E-state index is 0.0705. The van der Waals surface area contributed by atoms with Crippen LogP contribution >= 0.6 is 0 Å². The molecular formula is C9H8N2O. The molecule has 0 aliphatic rings. The van der Waals surface area contributed by atoms with Crippen LogP contribution in [0.2, 0.25) is 0 Å². The number of hydrogen-bond donors (Lipinski definition) is 0. The van der Waals surface area contributed by atoms with E-state index in [-0.39, 0.29) is 5.78 Å². The Bertz CT molecular complexity index is 431. The number of pyridine rings is 1. The summed E-state index contributed by atoms with van der Waals surface area (Å²) in [5, 5.41) is 4.03. The Morgan fingerprint density at radius 3 is 3.08 bits per heavy atom. The van der Waals surface area contributed by atoms with Crippen molar-refractivity contribution in [1.82, 2.24) is 9.61 Å². The highest BCUT2D eigenvalue weighted by Crippen LogP contribution is 2.09. The van der Waals surface area contributed by atoms with Crippen LogP contribution < -0.4 is 0 Å². The first-order valence-corrected chi connectivity index (χ1v) is 3.72. The maximum atomic E-state index is 11.1. The SMILES string of the molecule is CC(=O)c1cccn2nccc12. The Hall–Kier alpha value is -1.64. The van der Waals surface area contributed by atoms with Gasteiger partial charge in [-0.05, 0) is 25.1 Å². The van der Waals surface area contributed by atoms with Crippen molar-refractivity contribution < 1.29 is 4.79 Å². The first-order chi connectivity index (χ1) is 5.79. The lowest BCUT2D eigenvalue weighted by molar-refractivity contribution is 0.101. The first-order valence-electron chi connectivity index (χ1n) is 3.72. The molecule has 0 aliphatic carbocycles. The van der Waals surface area contributed by atoms with E-state index in [2.05, 4.69) is 5.10 Å². The average molecular weight is 160 g/mol. The third kappa shape index (κ3) is 0.906. The van der Waals surface area contributed by atoms with Gasteiger partial charge >= 0.3 is 0 Å². The minimum absolute atomic E-state index is 0.0705. The van der Waals surface area contributed by atoms with Gasteiger partial charge in [0.15, 0.2) is 5.78 Å². The van der Waals surface area contributed by atoms with Gasteiger partial charge in [0.1, 0.15) is 0 Å². The molecule has 0 saturated heterocycles. The molecule has 0 radical (unpaired) electrons. The fourth-order valence-corrected chi connectivity index (χ4v) is 1.25. The first kappa shape index (κ1) is 7.03. The quantitative estimate of drug-likeness (QED) is 0.593. The number of rotatable bonds is 1. The molecule has 3 nitrogen and oxygen atoms in total. The van der Waals surface area contributed by atoms with Gasteiger partial charge < -0.3 is 0 Å². The molecule has 0 fully saturated rings. The summed E-state index contributed by atoms with van der Waals surface area (Å²) in [6, 6.07) is 5.45. The van der Waals surface area contributed by atoms with Crippen molar-refractivity contribution in [3.8, 4) is 0 Å². The normalized spacial score (nSPS) is 10.4. The van der Waals surface area contributed by atoms with Gasteiger partial charge in [-0.25, -0.2) is 4.52 Å². The highest BCUT2D eigenvalue weighted by Gasteiger charge is 2.04. The maximum absolute atomic E-state index is 11.1. The van der Waals surface area contributed by atoms with Crippen LogP contribution in [0.5, 0.6) is 0 Å². The van der Waals surface area contributed by atoms with Crippen molar-refractivity contribution in [3.05, 3.63) is 36.2 Å². The van der Waals surface area contributed by atoms with E-state index in [1.807, 2.05) is 18.3 Å². The van der Waals surface area contributed by atoms with E-state index in [1.54, 1.807) is 23.7 Å². The summed E-state index contributed by atoms with van der Waals surface area (Å²) in [5.41, 5.74) is 1.58. The Balaban J connectivity index is 2.82. The number of hydrogen-bond acceptors (Lipinski definition) is 2. The molecule has 0 spiro atoms. The molecule has 2 rings (SSSR count). The number of ketones is 1. The fraction of sp³-hybridized carbons (Fsp3) is 0.111. The lowest BCUT2D eigenvalue weighted by Gasteiger charge is -1.97. The Labute approximate surface area is 69.6 Å². The van der Waals surface area contributed by atoms with Crippen LogP contribution in [0.25, 0.3) is 5.52 Å². The van der Waals surface area contributed by atoms with E-state index in [0.717, 1.165) is 11.1 Å². The zero-order chi connectivity index (χ0) is 8.55. The molecule has 12 heavy (non-hydrogen) atoms. The standard InChI is InChI=1S/C9H8N2O/c1-7(12)8-3-2-6-11-9(8)4-5-10-11/h2-6H,1H3. The van der Waals surface area contributed by atoms with Crippen molar-refractivity contribution in [1.29, 1.82) is 0 Å². The predicted molar refractivity (Wildman–Crippen MR) is 45.2 cm³/mol. The van der Waals surface area contributed by atoms with E-state index in [9.17, 15) is 4.79 Å². The van der Waals surface area contributed by atoms with Crippen molar-refractivity contribution in [3.63, 3.8) is 0 Å². The van der Waals surface area contributed by atoms with E-state index in [1.165, 1.54) is 0 Å². The second kappa shape index (κ2) is 2.44. The van der Waals surface area contributed by atoms with E-state index >= 15 is 0 Å². The second-order valence-electron chi connectivity index (χ2n) is 2.64. The summed E-state index contributed by atoms with van der Waals surface area (Å²) in [6.07, 6.45) is 3.50. The van der Waals surface area contributed by atoms with Crippen LogP contribution in [-0.2, 0) is 0 Å². The third-order valence-electron chi connectivity index (χ3n) is 1.82. The van der Waals surface area contributed by atoms with Crippen molar-refractivity contribution in [2.45, 2.75) is 6.92 Å². The highest BCUT2D eigenvalue weighted by atomic mass is 16.1. The number of carbonyl (C=O) groups excluding carboxylic acids is 1. The van der Waals surface area contributed by atoms with Crippen molar-refractivity contribution in [2.75, 3.05) is 0 Å². The number of carbonyl (C=O) groups is 1. The van der Waals surface area contributed by atoms with Crippen LogP contribution in [0, 0.1) is 0 Å². The van der Waals surface area contributed by atoms with Crippen LogP contribution in [0.3, 0.4) is 0 Å². The van der Waals surface area contributed by atoms with Gasteiger partial charge in [-0.15, -0.1) is 0 Å². The Kier molecular flexibility index (Phi) is 1.43. The van der Waals surface area contributed by atoms with Crippen molar-refractivity contribution >= 4 is 11.3 Å². The van der Waals surface area contributed by atoms with Gasteiger partial charge in [0.05, 0.1) is 11.7 Å². The second-order valence-corrected chi connectivity index (χ2v) is 2.64. The predicted octanol–water partition coefficient (Wildman–Crippen LogP) is 1.54. The zero-order valence-corrected chi connectivity index (χ0v) is 6.69. The molecule has 3 heteroatoms. The Morgan fingerprint density at radius 2 is 2.33 bits per heavy atom. The molecule has 0 saturated carbocycles. The lowest BCUT2D eigenvalue weighted by atomic mass is 10.1. The number of Topliss-reactive ketones (excluding diaryl/α,β-unsaturated/α-hetero) is 1. The van der Waals surface area contributed by atoms with Gasteiger partial charge in [0.25, 0.3) is 0 Å². The number of aromatic nitrogens is 2. The van der Waals surface area contributed by atoms with Gasteiger partial charge in [0.2, 0.25) is 0 Å². The molecule has 0 atom stereocenters. The van der Waals surface area contributed by atoms with Gasteiger partial charge in [-0.3, -0.25) is 4.79 Å². The molecule has 2 heterocycles. The maximum Gasteiger partial charge on any atom is 0.161 e. The summed E-state index contributed by atoms with van der Waals surface area (Å²) < 4.78 is 1.69. The van der Waals surface area contributed by atoms with Crippen LogP contribution in [-0.4, -0.2) is 15.4 Å². The summed E-state index contributed by atoms with van der Waals surface area (Å²) in [4.78, 5) is 11.1. The summed E-state index contributed by atoms with van der Waals surface area (Å²) in [7, 11) is 0. The molecule has 0 N–H and O–H groups in total. The number of fused-ring (bicyclic) bond motifs is 1. The lowest BCUT2D eigenvalue weighted by Crippen LogP contribution is -1.96. The van der Waals surface area contributed by atoms with Crippen LogP contribution in [0.4, 0.5) is 0 Å². The van der Waals surface area contributed by atoms with Gasteiger partial charge in [0, 0.05) is 11.8 Å². The fourth-order valence-electron chi connectivity index (χ4n) is 1.25. The summed E-state index contributed by atoms with van der Waals surface area (Å²) >= 11 is 0. The molecule has 0 unspecified atom stereocenters. The van der Waals surface area contributed by atoms with Gasteiger partial charge in [-0.2, -0.15) is 5.10 Å². The molecule has 2 aromatic rings.